The number of aromatic nitrogens is 4. The van der Waals surface area contributed by atoms with Crippen LogP contribution >= 0.6 is 11.8 Å². The molecule has 0 radical (unpaired) electrons. The average molecular weight is 263 g/mol. The SMILES string of the molecule is CSCC(C)CNc1nnnn1-c1ccccc1. The van der Waals surface area contributed by atoms with Crippen LogP contribution in [0.1, 0.15) is 6.92 Å². The van der Waals surface area contributed by atoms with Crippen LogP contribution in [0.5, 0.6) is 0 Å². The van der Waals surface area contributed by atoms with E-state index in [9.17, 15) is 0 Å². The molecule has 5 nitrogen and oxygen atoms in total. The van der Waals surface area contributed by atoms with Gasteiger partial charge in [-0.05, 0) is 40.5 Å². The zero-order valence-corrected chi connectivity index (χ0v) is 11.4. The molecular formula is C12H17N5S. The van der Waals surface area contributed by atoms with Crippen LogP contribution < -0.4 is 5.32 Å². The lowest BCUT2D eigenvalue weighted by atomic mass is 10.2. The minimum atomic E-state index is 0.584. The lowest BCUT2D eigenvalue weighted by molar-refractivity contribution is 0.693. The Hall–Kier alpha value is -1.56. The van der Waals surface area contributed by atoms with Crippen LogP contribution in [-0.4, -0.2) is 38.8 Å². The molecule has 1 unspecified atom stereocenters. The van der Waals surface area contributed by atoms with Gasteiger partial charge in [0.25, 0.3) is 0 Å². The number of hydrogen-bond acceptors (Lipinski definition) is 5. The van der Waals surface area contributed by atoms with E-state index in [1.165, 1.54) is 0 Å². The zero-order valence-electron chi connectivity index (χ0n) is 10.6. The Kier molecular flexibility index (Phi) is 4.58. The van der Waals surface area contributed by atoms with Gasteiger partial charge in [-0.25, -0.2) is 0 Å². The van der Waals surface area contributed by atoms with Crippen molar-refractivity contribution in [3.8, 4) is 5.69 Å². The monoisotopic (exact) mass is 263 g/mol. The maximum atomic E-state index is 4.01. The molecule has 1 heterocycles. The minimum Gasteiger partial charge on any atom is -0.352 e. The fraction of sp³-hybridized carbons (Fsp3) is 0.417. The first kappa shape index (κ1) is 12.9. The molecule has 0 bridgehead atoms. The molecule has 0 spiro atoms. The first-order valence-corrected chi connectivity index (χ1v) is 7.27. The molecule has 1 aromatic heterocycles. The lowest BCUT2D eigenvalue weighted by Gasteiger charge is -2.11. The third-order valence-electron chi connectivity index (χ3n) is 2.53. The summed E-state index contributed by atoms with van der Waals surface area (Å²) in [7, 11) is 0. The molecule has 0 saturated heterocycles. The van der Waals surface area contributed by atoms with Gasteiger partial charge in [-0.2, -0.15) is 16.4 Å². The summed E-state index contributed by atoms with van der Waals surface area (Å²) in [5.41, 5.74) is 0.961. The van der Waals surface area contributed by atoms with E-state index in [1.54, 1.807) is 4.68 Å². The lowest BCUT2D eigenvalue weighted by Crippen LogP contribution is -2.16. The van der Waals surface area contributed by atoms with Gasteiger partial charge in [0.15, 0.2) is 0 Å². The van der Waals surface area contributed by atoms with Crippen molar-refractivity contribution < 1.29 is 0 Å². The van der Waals surface area contributed by atoms with Crippen LogP contribution in [0.2, 0.25) is 0 Å². The van der Waals surface area contributed by atoms with E-state index < -0.39 is 0 Å². The highest BCUT2D eigenvalue weighted by atomic mass is 32.2. The van der Waals surface area contributed by atoms with E-state index in [0.29, 0.717) is 11.9 Å². The molecule has 1 N–H and O–H groups in total. The largest absolute Gasteiger partial charge is 0.352 e. The predicted molar refractivity (Wildman–Crippen MR) is 75.2 cm³/mol. The minimum absolute atomic E-state index is 0.584. The normalized spacial score (nSPS) is 12.3. The third-order valence-corrected chi connectivity index (χ3v) is 3.43. The summed E-state index contributed by atoms with van der Waals surface area (Å²) in [6.07, 6.45) is 2.12. The highest BCUT2D eigenvalue weighted by Gasteiger charge is 2.08. The molecule has 0 aliphatic carbocycles. The highest BCUT2D eigenvalue weighted by molar-refractivity contribution is 7.98. The number of para-hydroxylation sites is 1. The summed E-state index contributed by atoms with van der Waals surface area (Å²) in [5, 5.41) is 15.0. The molecule has 18 heavy (non-hydrogen) atoms. The number of benzene rings is 1. The van der Waals surface area contributed by atoms with Gasteiger partial charge in [-0.3, -0.25) is 0 Å². The van der Waals surface area contributed by atoms with Gasteiger partial charge in [-0.1, -0.05) is 30.2 Å². The number of thioether (sulfide) groups is 1. The summed E-state index contributed by atoms with van der Waals surface area (Å²) in [6, 6.07) is 9.87. The fourth-order valence-electron chi connectivity index (χ4n) is 1.65. The van der Waals surface area contributed by atoms with Crippen LogP contribution in [0.4, 0.5) is 5.95 Å². The van der Waals surface area contributed by atoms with Gasteiger partial charge < -0.3 is 5.32 Å². The maximum absolute atomic E-state index is 4.01. The second kappa shape index (κ2) is 6.39. The molecule has 0 saturated carbocycles. The molecule has 96 valence electrons. The van der Waals surface area contributed by atoms with Gasteiger partial charge in [0.1, 0.15) is 0 Å². The van der Waals surface area contributed by atoms with Gasteiger partial charge in [0, 0.05) is 6.54 Å². The first-order valence-electron chi connectivity index (χ1n) is 5.88. The molecule has 0 aliphatic heterocycles. The third kappa shape index (κ3) is 3.22. The second-order valence-corrected chi connectivity index (χ2v) is 5.10. The number of rotatable bonds is 6. The van der Waals surface area contributed by atoms with E-state index in [1.807, 2.05) is 42.1 Å². The van der Waals surface area contributed by atoms with Crippen molar-refractivity contribution in [2.45, 2.75) is 6.92 Å². The van der Waals surface area contributed by atoms with Crippen LogP contribution in [0, 0.1) is 5.92 Å². The smallest absolute Gasteiger partial charge is 0.247 e. The molecule has 2 aromatic rings. The number of tetrazole rings is 1. The predicted octanol–water partition coefficient (Wildman–Crippen LogP) is 2.07. The van der Waals surface area contributed by atoms with Gasteiger partial charge in [-0.15, -0.1) is 0 Å². The van der Waals surface area contributed by atoms with Crippen molar-refractivity contribution in [1.29, 1.82) is 0 Å². The summed E-state index contributed by atoms with van der Waals surface area (Å²) < 4.78 is 1.71. The van der Waals surface area contributed by atoms with Crippen molar-refractivity contribution in [2.75, 3.05) is 23.9 Å². The van der Waals surface area contributed by atoms with E-state index >= 15 is 0 Å². The molecule has 0 aliphatic rings. The van der Waals surface area contributed by atoms with Crippen molar-refractivity contribution >= 4 is 17.7 Å². The maximum Gasteiger partial charge on any atom is 0.247 e. The van der Waals surface area contributed by atoms with Crippen LogP contribution in [-0.2, 0) is 0 Å². The van der Waals surface area contributed by atoms with Crippen LogP contribution in [0.25, 0.3) is 5.69 Å². The Morgan fingerprint density at radius 1 is 1.33 bits per heavy atom. The standard InChI is InChI=1S/C12H17N5S/c1-10(9-18-2)8-13-12-14-15-16-17(12)11-6-4-3-5-7-11/h3-7,10H,8-9H2,1-2H3,(H,13,14,16). The van der Waals surface area contributed by atoms with Crippen molar-refractivity contribution in [3.05, 3.63) is 30.3 Å². The van der Waals surface area contributed by atoms with Crippen LogP contribution in [0.15, 0.2) is 30.3 Å². The van der Waals surface area contributed by atoms with E-state index in [2.05, 4.69) is 34.0 Å². The fourth-order valence-corrected chi connectivity index (χ4v) is 2.34. The summed E-state index contributed by atoms with van der Waals surface area (Å²) in [4.78, 5) is 0. The van der Waals surface area contributed by atoms with E-state index in [4.69, 9.17) is 0 Å². The first-order chi connectivity index (χ1) is 8.81. The highest BCUT2D eigenvalue weighted by Crippen LogP contribution is 2.11. The topological polar surface area (TPSA) is 55.6 Å². The van der Waals surface area contributed by atoms with Gasteiger partial charge in [0.05, 0.1) is 5.69 Å². The number of nitrogens with one attached hydrogen (secondary N) is 1. The Morgan fingerprint density at radius 3 is 2.83 bits per heavy atom. The van der Waals surface area contributed by atoms with Gasteiger partial charge in [0.2, 0.25) is 5.95 Å². The number of anilines is 1. The number of nitrogens with zero attached hydrogens (tertiary/aromatic N) is 4. The average Bonchev–Trinajstić information content (AvgIpc) is 2.86. The molecular weight excluding hydrogens is 246 g/mol. The Bertz CT molecular complexity index is 470. The second-order valence-electron chi connectivity index (χ2n) is 4.19. The molecule has 1 atom stereocenters. The molecule has 1 aromatic carbocycles. The van der Waals surface area contributed by atoms with Gasteiger partial charge >= 0.3 is 0 Å². The summed E-state index contributed by atoms with van der Waals surface area (Å²) in [5.74, 6) is 2.40. The Balaban J connectivity index is 2.05. The molecule has 6 heteroatoms. The summed E-state index contributed by atoms with van der Waals surface area (Å²) in [6.45, 7) is 3.08. The Morgan fingerprint density at radius 2 is 2.11 bits per heavy atom. The quantitative estimate of drug-likeness (QED) is 0.864. The zero-order chi connectivity index (χ0) is 12.8. The molecule has 2 rings (SSSR count). The Labute approximate surface area is 111 Å². The molecule has 0 amide bonds. The molecule has 0 fully saturated rings. The number of hydrogen-bond donors (Lipinski definition) is 1. The van der Waals surface area contributed by atoms with Crippen molar-refractivity contribution in [1.82, 2.24) is 20.2 Å². The van der Waals surface area contributed by atoms with E-state index in [-0.39, 0.29) is 0 Å². The van der Waals surface area contributed by atoms with Crippen LogP contribution in [0.3, 0.4) is 0 Å². The van der Waals surface area contributed by atoms with Crippen molar-refractivity contribution in [3.63, 3.8) is 0 Å². The summed E-state index contributed by atoms with van der Waals surface area (Å²) >= 11 is 1.85. The van der Waals surface area contributed by atoms with Crippen molar-refractivity contribution in [2.24, 2.45) is 5.92 Å². The van der Waals surface area contributed by atoms with E-state index in [0.717, 1.165) is 18.0 Å².